The summed E-state index contributed by atoms with van der Waals surface area (Å²) in [6, 6.07) is 8.07. The first-order valence-corrected chi connectivity index (χ1v) is 10.8. The Bertz CT molecular complexity index is 1040. The van der Waals surface area contributed by atoms with Crippen molar-refractivity contribution in [3.8, 4) is 11.5 Å². The van der Waals surface area contributed by atoms with Crippen molar-refractivity contribution in [1.29, 1.82) is 0 Å². The van der Waals surface area contributed by atoms with Crippen LogP contribution in [0.15, 0.2) is 39.7 Å². The monoisotopic (exact) mass is 468 g/mol. The Labute approximate surface area is 172 Å². The number of halogens is 1. The summed E-state index contributed by atoms with van der Waals surface area (Å²) in [6.45, 7) is 3.41. The average Bonchev–Trinajstić information content (AvgIpc) is 2.95. The number of anilines is 2. The molecule has 28 heavy (non-hydrogen) atoms. The van der Waals surface area contributed by atoms with Gasteiger partial charge >= 0.3 is 0 Å². The van der Waals surface area contributed by atoms with Crippen LogP contribution in [0.2, 0.25) is 0 Å². The highest BCUT2D eigenvalue weighted by atomic mass is 79.9. The molecule has 1 aliphatic heterocycles. The van der Waals surface area contributed by atoms with Crippen molar-refractivity contribution in [2.75, 3.05) is 23.8 Å². The number of hydrogen-bond acceptors (Lipinski definition) is 5. The van der Waals surface area contributed by atoms with Crippen LogP contribution in [-0.2, 0) is 21.2 Å². The van der Waals surface area contributed by atoms with Gasteiger partial charge < -0.3 is 14.4 Å². The van der Waals surface area contributed by atoms with Crippen LogP contribution in [0.4, 0.5) is 11.4 Å². The summed E-state index contributed by atoms with van der Waals surface area (Å²) in [5, 5.41) is 0. The lowest BCUT2D eigenvalue weighted by atomic mass is 10.1. The van der Waals surface area contributed by atoms with E-state index >= 15 is 0 Å². The van der Waals surface area contributed by atoms with Gasteiger partial charge in [-0.05, 0) is 59.1 Å². The zero-order chi connectivity index (χ0) is 20.6. The van der Waals surface area contributed by atoms with Gasteiger partial charge in [-0.15, -0.1) is 0 Å². The Morgan fingerprint density at radius 2 is 1.93 bits per heavy atom. The fourth-order valence-electron chi connectivity index (χ4n) is 3.39. The smallest absolute Gasteiger partial charge is 0.263 e. The number of benzene rings is 2. The van der Waals surface area contributed by atoms with Crippen LogP contribution in [0.5, 0.6) is 11.5 Å². The highest BCUT2D eigenvalue weighted by molar-refractivity contribution is 9.10. The second-order valence-electron chi connectivity index (χ2n) is 6.53. The van der Waals surface area contributed by atoms with Gasteiger partial charge in [0.15, 0.2) is 0 Å². The number of nitrogens with one attached hydrogen (secondary N) is 1. The molecule has 1 heterocycles. The van der Waals surface area contributed by atoms with Crippen molar-refractivity contribution in [2.45, 2.75) is 31.2 Å². The molecule has 0 saturated carbocycles. The van der Waals surface area contributed by atoms with Gasteiger partial charge in [0.1, 0.15) is 16.4 Å². The third-order valence-electron chi connectivity index (χ3n) is 4.63. The Hall–Kier alpha value is -2.26. The van der Waals surface area contributed by atoms with Crippen LogP contribution in [0.1, 0.15) is 19.4 Å². The van der Waals surface area contributed by atoms with Crippen LogP contribution >= 0.6 is 15.9 Å². The van der Waals surface area contributed by atoms with Crippen LogP contribution in [0, 0.1) is 0 Å². The van der Waals surface area contributed by atoms with Crippen LogP contribution in [0.3, 0.4) is 0 Å². The summed E-state index contributed by atoms with van der Waals surface area (Å²) in [5.74, 6) is 0.755. The Kier molecular flexibility index (Phi) is 5.58. The highest BCUT2D eigenvalue weighted by Gasteiger charge is 2.32. The number of hydrogen-bond donors (Lipinski definition) is 1. The Balaban J connectivity index is 2.03. The van der Waals surface area contributed by atoms with E-state index in [1.165, 1.54) is 27.2 Å². The molecule has 1 N–H and O–H groups in total. The van der Waals surface area contributed by atoms with Gasteiger partial charge in [0.05, 0.1) is 19.9 Å². The molecule has 0 aliphatic carbocycles. The van der Waals surface area contributed by atoms with Crippen LogP contribution in [-0.4, -0.2) is 34.6 Å². The second-order valence-corrected chi connectivity index (χ2v) is 9.03. The summed E-state index contributed by atoms with van der Waals surface area (Å²) in [4.78, 5) is 13.7. The molecule has 1 aliphatic rings. The van der Waals surface area contributed by atoms with Gasteiger partial charge in [0.2, 0.25) is 5.91 Å². The number of carbonyl (C=O) groups excluding carboxylic acids is 1. The molecule has 0 saturated heterocycles. The van der Waals surface area contributed by atoms with E-state index in [-0.39, 0.29) is 22.5 Å². The molecule has 1 atom stereocenters. The second kappa shape index (κ2) is 7.63. The van der Waals surface area contributed by atoms with Gasteiger partial charge in [-0.25, -0.2) is 8.42 Å². The molecule has 150 valence electrons. The lowest BCUT2D eigenvalue weighted by molar-refractivity contribution is -0.116. The molecule has 0 aromatic heterocycles. The lowest BCUT2D eigenvalue weighted by Gasteiger charge is -2.21. The zero-order valence-electron chi connectivity index (χ0n) is 15.9. The van der Waals surface area contributed by atoms with E-state index in [0.29, 0.717) is 28.1 Å². The maximum atomic E-state index is 13.1. The van der Waals surface area contributed by atoms with Crippen molar-refractivity contribution in [3.05, 3.63) is 40.4 Å². The molecule has 0 bridgehead atoms. The minimum Gasteiger partial charge on any atom is -0.497 e. The Morgan fingerprint density at radius 3 is 2.54 bits per heavy atom. The topological polar surface area (TPSA) is 84.9 Å². The van der Waals surface area contributed by atoms with Crippen molar-refractivity contribution in [2.24, 2.45) is 0 Å². The summed E-state index contributed by atoms with van der Waals surface area (Å²) in [6.07, 6.45) is 0.674. The summed E-state index contributed by atoms with van der Waals surface area (Å²) in [7, 11) is -0.976. The van der Waals surface area contributed by atoms with E-state index < -0.39 is 10.0 Å². The van der Waals surface area contributed by atoms with E-state index in [1.807, 2.05) is 6.92 Å². The highest BCUT2D eigenvalue weighted by Crippen LogP contribution is 2.39. The number of nitrogens with zero attached hydrogens (tertiary/aromatic N) is 1. The number of amides is 1. The van der Waals surface area contributed by atoms with Gasteiger partial charge in [0.25, 0.3) is 10.0 Å². The summed E-state index contributed by atoms with van der Waals surface area (Å²) >= 11 is 3.36. The molecule has 9 heteroatoms. The third-order valence-corrected chi connectivity index (χ3v) is 6.95. The Morgan fingerprint density at radius 1 is 1.21 bits per heavy atom. The fourth-order valence-corrected chi connectivity index (χ4v) is 5.57. The van der Waals surface area contributed by atoms with Gasteiger partial charge in [-0.1, -0.05) is 0 Å². The predicted octanol–water partition coefficient (Wildman–Crippen LogP) is 3.56. The first-order chi connectivity index (χ1) is 13.2. The summed E-state index contributed by atoms with van der Waals surface area (Å²) < 4.78 is 39.5. The molecule has 0 fully saturated rings. The largest absolute Gasteiger partial charge is 0.497 e. The van der Waals surface area contributed by atoms with Crippen molar-refractivity contribution in [1.82, 2.24) is 0 Å². The fraction of sp³-hybridized carbons (Fsp3) is 0.316. The molecule has 0 unspecified atom stereocenters. The number of sulfonamides is 1. The molecule has 0 radical (unpaired) electrons. The average molecular weight is 469 g/mol. The van der Waals surface area contributed by atoms with Crippen molar-refractivity contribution in [3.63, 3.8) is 0 Å². The lowest BCUT2D eigenvalue weighted by Crippen LogP contribution is -2.33. The van der Waals surface area contributed by atoms with E-state index in [0.717, 1.165) is 5.56 Å². The van der Waals surface area contributed by atoms with E-state index in [4.69, 9.17) is 9.47 Å². The number of carbonyl (C=O) groups is 1. The number of fused-ring (bicyclic) bond motifs is 1. The molecule has 7 nitrogen and oxygen atoms in total. The van der Waals surface area contributed by atoms with Crippen molar-refractivity contribution < 1.29 is 22.7 Å². The first-order valence-electron chi connectivity index (χ1n) is 8.55. The van der Waals surface area contributed by atoms with Crippen LogP contribution in [0.25, 0.3) is 0 Å². The van der Waals surface area contributed by atoms with Gasteiger partial charge in [-0.3, -0.25) is 9.52 Å². The molecule has 0 spiro atoms. The number of ether oxygens (including phenoxy) is 2. The molecule has 2 aromatic carbocycles. The quantitative estimate of drug-likeness (QED) is 0.724. The minimum atomic E-state index is -3.94. The molecule has 3 rings (SSSR count). The first kappa shape index (κ1) is 20.5. The summed E-state index contributed by atoms with van der Waals surface area (Å²) in [5.41, 5.74) is 1.83. The van der Waals surface area contributed by atoms with Gasteiger partial charge in [-0.2, -0.15) is 0 Å². The number of methoxy groups -OCH3 is 2. The molecule has 1 amide bonds. The minimum absolute atomic E-state index is 0.0213. The maximum Gasteiger partial charge on any atom is 0.263 e. The predicted molar refractivity (Wildman–Crippen MR) is 111 cm³/mol. The van der Waals surface area contributed by atoms with E-state index in [1.54, 1.807) is 29.2 Å². The molecular weight excluding hydrogens is 448 g/mol. The van der Waals surface area contributed by atoms with E-state index in [2.05, 4.69) is 20.7 Å². The van der Waals surface area contributed by atoms with E-state index in [9.17, 15) is 13.2 Å². The van der Waals surface area contributed by atoms with Crippen LogP contribution < -0.4 is 19.1 Å². The number of rotatable bonds is 5. The standard InChI is InChI=1S/C19H21BrN2O5S/c1-11-7-13-8-15(20)19(10-17(13)22(11)12(2)23)28(24,25)21-16-6-5-14(26-3)9-18(16)27-4/h5-6,8-11,21H,7H2,1-4H3/t11-/m1/s1. The molecule has 2 aromatic rings. The molecular formula is C19H21BrN2O5S. The van der Waals surface area contributed by atoms with Crippen molar-refractivity contribution >= 4 is 43.2 Å². The third kappa shape index (κ3) is 3.68. The maximum absolute atomic E-state index is 13.1. The SMILES string of the molecule is COc1ccc(NS(=O)(=O)c2cc3c(cc2Br)C[C@@H](C)N3C(C)=O)c(OC)c1. The van der Waals surface area contributed by atoms with Gasteiger partial charge in [0, 0.05) is 29.2 Å². The normalized spacial score (nSPS) is 15.9. The zero-order valence-corrected chi connectivity index (χ0v) is 18.3.